The van der Waals surface area contributed by atoms with Crippen LogP contribution in [0.2, 0.25) is 0 Å². The first-order valence-corrected chi connectivity index (χ1v) is 9.71. The second-order valence-corrected chi connectivity index (χ2v) is 7.37. The minimum absolute atomic E-state index is 0.0653. The lowest BCUT2D eigenvalue weighted by Crippen LogP contribution is -2.50. The van der Waals surface area contributed by atoms with Crippen molar-refractivity contribution in [2.24, 2.45) is 0 Å². The highest BCUT2D eigenvalue weighted by Gasteiger charge is 2.37. The first-order chi connectivity index (χ1) is 12.8. The average Bonchev–Trinajstić information content (AvgIpc) is 3.03. The topological polar surface area (TPSA) is 55.7 Å². The standard InChI is InChI=1S/C20H25N3O3/c24-20-22(10-12-26-18-7-3-4-11-25-18)13-16-19-15(8-9-21-16)14-5-1-2-6-17(14)23(19)20/h1-2,5-6,16,18,21H,3-4,7-13H2. The van der Waals surface area contributed by atoms with E-state index in [2.05, 4.69) is 23.5 Å². The quantitative estimate of drug-likeness (QED) is 0.916. The van der Waals surface area contributed by atoms with Crippen LogP contribution in [0.5, 0.6) is 0 Å². The molecular weight excluding hydrogens is 330 g/mol. The molecule has 3 aliphatic rings. The minimum Gasteiger partial charge on any atom is -0.353 e. The second kappa shape index (κ2) is 6.68. The predicted octanol–water partition coefficient (Wildman–Crippen LogP) is 2.66. The van der Waals surface area contributed by atoms with Gasteiger partial charge in [-0.1, -0.05) is 18.2 Å². The summed E-state index contributed by atoms with van der Waals surface area (Å²) in [6.07, 6.45) is 4.10. The van der Waals surface area contributed by atoms with E-state index >= 15 is 0 Å². The van der Waals surface area contributed by atoms with Crippen molar-refractivity contribution in [2.45, 2.75) is 38.0 Å². The Morgan fingerprint density at radius 1 is 1.27 bits per heavy atom. The van der Waals surface area contributed by atoms with Gasteiger partial charge >= 0.3 is 6.03 Å². The summed E-state index contributed by atoms with van der Waals surface area (Å²) >= 11 is 0. The molecule has 26 heavy (non-hydrogen) atoms. The maximum absolute atomic E-state index is 13.2. The molecule has 1 saturated heterocycles. The summed E-state index contributed by atoms with van der Waals surface area (Å²) in [4.78, 5) is 15.1. The zero-order valence-corrected chi connectivity index (χ0v) is 14.9. The second-order valence-electron chi connectivity index (χ2n) is 7.37. The first-order valence-electron chi connectivity index (χ1n) is 9.71. The molecule has 0 bridgehead atoms. The monoisotopic (exact) mass is 355 g/mol. The largest absolute Gasteiger partial charge is 0.353 e. The molecule has 1 aromatic heterocycles. The highest BCUT2D eigenvalue weighted by Crippen LogP contribution is 2.36. The third-order valence-corrected chi connectivity index (χ3v) is 5.78. The third-order valence-electron chi connectivity index (χ3n) is 5.78. The van der Waals surface area contributed by atoms with Gasteiger partial charge in [-0.05, 0) is 43.9 Å². The van der Waals surface area contributed by atoms with Crippen molar-refractivity contribution in [2.75, 3.05) is 32.8 Å². The molecule has 6 heteroatoms. The number of benzene rings is 1. The van der Waals surface area contributed by atoms with Gasteiger partial charge in [-0.3, -0.25) is 4.57 Å². The first kappa shape index (κ1) is 16.3. The van der Waals surface area contributed by atoms with Crippen molar-refractivity contribution in [3.8, 4) is 0 Å². The molecule has 138 valence electrons. The molecule has 1 fully saturated rings. The molecule has 0 spiro atoms. The van der Waals surface area contributed by atoms with Crippen LogP contribution in [-0.4, -0.2) is 54.6 Å². The van der Waals surface area contributed by atoms with E-state index in [9.17, 15) is 4.79 Å². The average molecular weight is 355 g/mol. The number of carbonyl (C=O) groups excluding carboxylic acids is 1. The number of carbonyl (C=O) groups is 1. The smallest absolute Gasteiger partial charge is 0.329 e. The lowest BCUT2D eigenvalue weighted by atomic mass is 9.98. The molecular formula is C20H25N3O3. The van der Waals surface area contributed by atoms with Gasteiger partial charge in [-0.25, -0.2) is 4.79 Å². The molecule has 1 aromatic carbocycles. The lowest BCUT2D eigenvalue weighted by molar-refractivity contribution is -0.163. The fraction of sp³-hybridized carbons (Fsp3) is 0.550. The van der Waals surface area contributed by atoms with Crippen LogP contribution in [0, 0.1) is 0 Å². The summed E-state index contributed by atoms with van der Waals surface area (Å²) in [5.41, 5.74) is 3.52. The molecule has 5 rings (SSSR count). The molecule has 0 radical (unpaired) electrons. The highest BCUT2D eigenvalue weighted by atomic mass is 16.7. The molecule has 1 N–H and O–H groups in total. The van der Waals surface area contributed by atoms with E-state index in [1.807, 2.05) is 15.5 Å². The Bertz CT molecular complexity index is 825. The van der Waals surface area contributed by atoms with Crippen molar-refractivity contribution in [1.29, 1.82) is 0 Å². The van der Waals surface area contributed by atoms with Crippen molar-refractivity contribution in [3.05, 3.63) is 35.5 Å². The normalized spacial score (nSPS) is 25.5. The molecule has 4 heterocycles. The molecule has 6 nitrogen and oxygen atoms in total. The van der Waals surface area contributed by atoms with Gasteiger partial charge in [0, 0.05) is 25.1 Å². The van der Waals surface area contributed by atoms with Gasteiger partial charge in [-0.15, -0.1) is 0 Å². The van der Waals surface area contributed by atoms with Crippen molar-refractivity contribution >= 4 is 16.9 Å². The summed E-state index contributed by atoms with van der Waals surface area (Å²) in [6.45, 7) is 3.56. The zero-order chi connectivity index (χ0) is 17.5. The van der Waals surface area contributed by atoms with E-state index < -0.39 is 0 Å². The van der Waals surface area contributed by atoms with Crippen molar-refractivity contribution in [3.63, 3.8) is 0 Å². The van der Waals surface area contributed by atoms with Crippen LogP contribution in [-0.2, 0) is 15.9 Å². The van der Waals surface area contributed by atoms with Gasteiger partial charge in [0.15, 0.2) is 6.29 Å². The predicted molar refractivity (Wildman–Crippen MR) is 98.3 cm³/mol. The van der Waals surface area contributed by atoms with E-state index in [0.717, 1.165) is 50.0 Å². The van der Waals surface area contributed by atoms with Gasteiger partial charge in [0.05, 0.1) is 23.9 Å². The van der Waals surface area contributed by atoms with Gasteiger partial charge in [0.1, 0.15) is 0 Å². The fourth-order valence-electron chi connectivity index (χ4n) is 4.54. The van der Waals surface area contributed by atoms with E-state index in [4.69, 9.17) is 9.47 Å². The van der Waals surface area contributed by atoms with E-state index in [1.54, 1.807) is 0 Å². The summed E-state index contributed by atoms with van der Waals surface area (Å²) < 4.78 is 13.4. The van der Waals surface area contributed by atoms with Gasteiger partial charge in [-0.2, -0.15) is 0 Å². The van der Waals surface area contributed by atoms with E-state index in [-0.39, 0.29) is 18.4 Å². The number of rotatable bonds is 4. The Labute approximate surface area is 153 Å². The summed E-state index contributed by atoms with van der Waals surface area (Å²) in [7, 11) is 0. The number of nitrogens with one attached hydrogen (secondary N) is 1. The molecule has 1 amide bonds. The Kier molecular flexibility index (Phi) is 4.19. The van der Waals surface area contributed by atoms with Crippen LogP contribution in [0.3, 0.4) is 0 Å². The maximum Gasteiger partial charge on any atom is 0.329 e. The SMILES string of the molecule is O=C1N(CCOC2CCCCO2)CC2NCCc3c2n1c1ccccc31. The van der Waals surface area contributed by atoms with Crippen LogP contribution in [0.15, 0.2) is 24.3 Å². The Hall–Kier alpha value is -1.89. The summed E-state index contributed by atoms with van der Waals surface area (Å²) in [5, 5.41) is 4.81. The van der Waals surface area contributed by atoms with Crippen molar-refractivity contribution in [1.82, 2.24) is 14.8 Å². The summed E-state index contributed by atoms with van der Waals surface area (Å²) in [6, 6.07) is 8.53. The Morgan fingerprint density at radius 2 is 2.19 bits per heavy atom. The summed E-state index contributed by atoms with van der Waals surface area (Å²) in [5.74, 6) is 0. The molecule has 3 aliphatic heterocycles. The number of amides is 1. The number of hydrogen-bond acceptors (Lipinski definition) is 4. The number of aromatic nitrogens is 1. The number of hydrogen-bond donors (Lipinski definition) is 1. The molecule has 2 aromatic rings. The third kappa shape index (κ3) is 2.64. The number of ether oxygens (including phenoxy) is 2. The highest BCUT2D eigenvalue weighted by molar-refractivity contribution is 5.96. The number of fused-ring (bicyclic) bond motifs is 3. The maximum atomic E-state index is 13.2. The van der Waals surface area contributed by atoms with Crippen molar-refractivity contribution < 1.29 is 14.3 Å². The van der Waals surface area contributed by atoms with Crippen LogP contribution in [0.25, 0.3) is 10.9 Å². The molecule has 0 saturated carbocycles. The van der Waals surface area contributed by atoms with Gasteiger partial charge in [0.25, 0.3) is 0 Å². The number of nitrogens with zero attached hydrogens (tertiary/aromatic N) is 2. The van der Waals surface area contributed by atoms with Crippen LogP contribution in [0.1, 0.15) is 36.6 Å². The van der Waals surface area contributed by atoms with E-state index in [1.165, 1.54) is 10.9 Å². The minimum atomic E-state index is -0.106. The lowest BCUT2D eigenvalue weighted by Gasteiger charge is -2.37. The van der Waals surface area contributed by atoms with Gasteiger partial charge < -0.3 is 19.7 Å². The number of para-hydroxylation sites is 1. The molecule has 2 atom stereocenters. The van der Waals surface area contributed by atoms with Crippen LogP contribution in [0.4, 0.5) is 4.79 Å². The zero-order valence-electron chi connectivity index (χ0n) is 14.9. The molecule has 2 unspecified atom stereocenters. The van der Waals surface area contributed by atoms with Crippen LogP contribution >= 0.6 is 0 Å². The molecule has 0 aliphatic carbocycles. The van der Waals surface area contributed by atoms with Gasteiger partial charge in [0.2, 0.25) is 0 Å². The van der Waals surface area contributed by atoms with E-state index in [0.29, 0.717) is 19.7 Å². The Morgan fingerprint density at radius 3 is 3.08 bits per heavy atom. The fourth-order valence-corrected chi connectivity index (χ4v) is 4.54. The van der Waals surface area contributed by atoms with Crippen LogP contribution < -0.4 is 5.32 Å². The Balaban J connectivity index is 1.38.